The van der Waals surface area contributed by atoms with Crippen LogP contribution in [0.3, 0.4) is 0 Å². The number of methoxy groups -OCH3 is 1. The first kappa shape index (κ1) is 14.4. The van der Waals surface area contributed by atoms with Gasteiger partial charge < -0.3 is 4.74 Å². The van der Waals surface area contributed by atoms with Crippen LogP contribution in [-0.4, -0.2) is 23.7 Å². The maximum absolute atomic E-state index is 5.80. The topological polar surface area (TPSA) is 60.2 Å². The number of hydrogen-bond acceptors (Lipinski definition) is 4. The fraction of sp³-hybridized carbons (Fsp3) is 0.667. The Bertz CT molecular complexity index is 385. The number of aryl methyl sites for hydroxylation is 1. The second kappa shape index (κ2) is 6.46. The number of nitrogens with one attached hydrogen (secondary N) is 1. The van der Waals surface area contributed by atoms with Crippen molar-refractivity contribution >= 4 is 0 Å². The van der Waals surface area contributed by atoms with Gasteiger partial charge in [-0.1, -0.05) is 25.8 Å². The molecule has 1 aliphatic rings. The van der Waals surface area contributed by atoms with Gasteiger partial charge in [0.05, 0.1) is 11.6 Å². The van der Waals surface area contributed by atoms with Gasteiger partial charge in [-0.05, 0) is 30.9 Å². The molecule has 0 bridgehead atoms. The van der Waals surface area contributed by atoms with Crippen LogP contribution >= 0.6 is 0 Å². The fourth-order valence-electron chi connectivity index (χ4n) is 3.06. The summed E-state index contributed by atoms with van der Waals surface area (Å²) in [6.07, 6.45) is 8.37. The molecule has 1 aromatic rings. The standard InChI is InChI=1S/C15H25N3O/c1-3-12-6-7-13(17-11-12)10-14(18-16)15(19-2)8-4-5-9-15/h6-7,11,14,18H,3-5,8-10,16H2,1-2H3. The van der Waals surface area contributed by atoms with Gasteiger partial charge in [0.25, 0.3) is 0 Å². The Morgan fingerprint density at radius 2 is 2.16 bits per heavy atom. The minimum atomic E-state index is -0.125. The number of hydrogen-bond donors (Lipinski definition) is 2. The maximum atomic E-state index is 5.80. The summed E-state index contributed by atoms with van der Waals surface area (Å²) in [5, 5.41) is 0. The van der Waals surface area contributed by atoms with Crippen molar-refractivity contribution in [1.82, 2.24) is 10.4 Å². The van der Waals surface area contributed by atoms with Crippen LogP contribution in [0.25, 0.3) is 0 Å². The second-order valence-electron chi connectivity index (χ2n) is 5.41. The predicted octanol–water partition coefficient (Wildman–Crippen LogP) is 1.98. The molecule has 19 heavy (non-hydrogen) atoms. The van der Waals surface area contributed by atoms with Gasteiger partial charge in [-0.15, -0.1) is 0 Å². The van der Waals surface area contributed by atoms with E-state index < -0.39 is 0 Å². The molecule has 1 aliphatic carbocycles. The maximum Gasteiger partial charge on any atom is 0.0848 e. The Labute approximate surface area is 115 Å². The Balaban J connectivity index is 2.09. The monoisotopic (exact) mass is 263 g/mol. The van der Waals surface area contributed by atoms with E-state index in [2.05, 4.69) is 29.5 Å². The molecule has 1 atom stereocenters. The van der Waals surface area contributed by atoms with Crippen molar-refractivity contribution in [3.63, 3.8) is 0 Å². The molecule has 0 amide bonds. The molecule has 3 N–H and O–H groups in total. The van der Waals surface area contributed by atoms with Gasteiger partial charge in [0.15, 0.2) is 0 Å². The third-order valence-corrected chi connectivity index (χ3v) is 4.40. The van der Waals surface area contributed by atoms with Crippen molar-refractivity contribution in [3.05, 3.63) is 29.6 Å². The summed E-state index contributed by atoms with van der Waals surface area (Å²) in [5.41, 5.74) is 5.16. The number of nitrogens with zero attached hydrogens (tertiary/aromatic N) is 1. The Kier molecular flexibility index (Phi) is 4.91. The number of aromatic nitrogens is 1. The predicted molar refractivity (Wildman–Crippen MR) is 76.6 cm³/mol. The Morgan fingerprint density at radius 1 is 1.42 bits per heavy atom. The van der Waals surface area contributed by atoms with Crippen molar-refractivity contribution in [2.24, 2.45) is 5.84 Å². The molecule has 2 rings (SSSR count). The van der Waals surface area contributed by atoms with E-state index in [1.807, 2.05) is 6.20 Å². The van der Waals surface area contributed by atoms with Gasteiger partial charge in [0, 0.05) is 25.4 Å². The van der Waals surface area contributed by atoms with Crippen LogP contribution in [0, 0.1) is 0 Å². The molecule has 0 saturated heterocycles. The van der Waals surface area contributed by atoms with Crippen LogP contribution in [0.2, 0.25) is 0 Å². The quantitative estimate of drug-likeness (QED) is 0.608. The summed E-state index contributed by atoms with van der Waals surface area (Å²) < 4.78 is 5.80. The lowest BCUT2D eigenvalue weighted by molar-refractivity contribution is -0.0358. The first-order valence-electron chi connectivity index (χ1n) is 7.19. The van der Waals surface area contributed by atoms with Gasteiger partial charge in [-0.3, -0.25) is 16.3 Å². The third kappa shape index (κ3) is 3.14. The molecule has 1 fully saturated rings. The molecule has 1 unspecified atom stereocenters. The zero-order valence-corrected chi connectivity index (χ0v) is 12.0. The number of rotatable bonds is 6. The highest BCUT2D eigenvalue weighted by atomic mass is 16.5. The van der Waals surface area contributed by atoms with Crippen molar-refractivity contribution in [3.8, 4) is 0 Å². The summed E-state index contributed by atoms with van der Waals surface area (Å²) in [6.45, 7) is 2.14. The Hall–Kier alpha value is -0.970. The summed E-state index contributed by atoms with van der Waals surface area (Å²) in [7, 11) is 1.79. The van der Waals surface area contributed by atoms with E-state index in [1.54, 1.807) is 7.11 Å². The number of ether oxygens (including phenoxy) is 1. The molecule has 0 aromatic carbocycles. The molecule has 0 aliphatic heterocycles. The van der Waals surface area contributed by atoms with Gasteiger partial charge in [0.2, 0.25) is 0 Å². The van der Waals surface area contributed by atoms with E-state index in [0.717, 1.165) is 31.4 Å². The molecular weight excluding hydrogens is 238 g/mol. The molecule has 0 radical (unpaired) electrons. The van der Waals surface area contributed by atoms with Crippen LogP contribution in [0.1, 0.15) is 43.9 Å². The zero-order valence-electron chi connectivity index (χ0n) is 12.0. The van der Waals surface area contributed by atoms with Crippen molar-refractivity contribution in [2.75, 3.05) is 7.11 Å². The minimum Gasteiger partial charge on any atom is -0.377 e. The van der Waals surface area contributed by atoms with Gasteiger partial charge in [-0.2, -0.15) is 0 Å². The van der Waals surface area contributed by atoms with E-state index in [1.165, 1.54) is 18.4 Å². The van der Waals surface area contributed by atoms with E-state index in [4.69, 9.17) is 10.6 Å². The first-order chi connectivity index (χ1) is 9.24. The molecule has 1 saturated carbocycles. The Morgan fingerprint density at radius 3 is 2.63 bits per heavy atom. The third-order valence-electron chi connectivity index (χ3n) is 4.40. The number of pyridine rings is 1. The SMILES string of the molecule is CCc1ccc(CC(NN)C2(OC)CCCC2)nc1. The summed E-state index contributed by atoms with van der Waals surface area (Å²) in [6, 6.07) is 4.37. The lowest BCUT2D eigenvalue weighted by Crippen LogP contribution is -2.54. The lowest BCUT2D eigenvalue weighted by atomic mass is 9.89. The minimum absolute atomic E-state index is 0.125. The molecule has 4 heteroatoms. The molecule has 106 valence electrons. The van der Waals surface area contributed by atoms with Crippen molar-refractivity contribution in [2.45, 2.75) is 57.1 Å². The summed E-state index contributed by atoms with van der Waals surface area (Å²) in [5.74, 6) is 5.76. The molecule has 4 nitrogen and oxygen atoms in total. The highest BCUT2D eigenvalue weighted by Crippen LogP contribution is 2.36. The normalized spacial score (nSPS) is 19.5. The van der Waals surface area contributed by atoms with Gasteiger partial charge in [0.1, 0.15) is 0 Å². The van der Waals surface area contributed by atoms with Crippen LogP contribution in [0.15, 0.2) is 18.3 Å². The molecule has 1 heterocycles. The van der Waals surface area contributed by atoms with E-state index in [-0.39, 0.29) is 11.6 Å². The molecular formula is C15H25N3O. The van der Waals surface area contributed by atoms with E-state index in [0.29, 0.717) is 0 Å². The first-order valence-corrected chi connectivity index (χ1v) is 7.19. The van der Waals surface area contributed by atoms with Gasteiger partial charge in [-0.25, -0.2) is 0 Å². The average molecular weight is 263 g/mol. The van der Waals surface area contributed by atoms with Crippen LogP contribution in [0.5, 0.6) is 0 Å². The fourth-order valence-corrected chi connectivity index (χ4v) is 3.06. The zero-order chi connectivity index (χ0) is 13.7. The van der Waals surface area contributed by atoms with Crippen molar-refractivity contribution in [1.29, 1.82) is 0 Å². The highest BCUT2D eigenvalue weighted by molar-refractivity contribution is 5.16. The number of nitrogens with two attached hydrogens (primary N) is 1. The lowest BCUT2D eigenvalue weighted by Gasteiger charge is -2.35. The smallest absolute Gasteiger partial charge is 0.0848 e. The summed E-state index contributed by atoms with van der Waals surface area (Å²) in [4.78, 5) is 4.52. The molecule has 1 aromatic heterocycles. The van der Waals surface area contributed by atoms with Crippen molar-refractivity contribution < 1.29 is 4.74 Å². The highest BCUT2D eigenvalue weighted by Gasteiger charge is 2.41. The van der Waals surface area contributed by atoms with E-state index in [9.17, 15) is 0 Å². The largest absolute Gasteiger partial charge is 0.377 e. The van der Waals surface area contributed by atoms with Crippen LogP contribution in [0.4, 0.5) is 0 Å². The molecule has 0 spiro atoms. The van der Waals surface area contributed by atoms with Crippen LogP contribution in [-0.2, 0) is 17.6 Å². The van der Waals surface area contributed by atoms with Crippen LogP contribution < -0.4 is 11.3 Å². The van der Waals surface area contributed by atoms with E-state index >= 15 is 0 Å². The van der Waals surface area contributed by atoms with Gasteiger partial charge >= 0.3 is 0 Å². The average Bonchev–Trinajstić information content (AvgIpc) is 2.95. The number of hydrazine groups is 1. The summed E-state index contributed by atoms with van der Waals surface area (Å²) >= 11 is 0. The second-order valence-corrected chi connectivity index (χ2v) is 5.41.